The van der Waals surface area contributed by atoms with Gasteiger partial charge in [-0.2, -0.15) is 5.90 Å². The summed E-state index contributed by atoms with van der Waals surface area (Å²) in [6, 6.07) is 5.42. The lowest BCUT2D eigenvalue weighted by Gasteiger charge is -2.12. The van der Waals surface area contributed by atoms with Crippen LogP contribution >= 0.6 is 0 Å². The normalized spacial score (nSPS) is 11.8. The van der Waals surface area contributed by atoms with Gasteiger partial charge in [0.25, 0.3) is 0 Å². The lowest BCUT2D eigenvalue weighted by Crippen LogP contribution is -2.23. The van der Waals surface area contributed by atoms with Gasteiger partial charge in [-0.05, 0) is 19.0 Å². The smallest absolute Gasteiger partial charge is 0.150 e. The summed E-state index contributed by atoms with van der Waals surface area (Å²) in [5, 5.41) is 12.9. The van der Waals surface area contributed by atoms with E-state index in [1.54, 1.807) is 19.2 Å². The highest BCUT2D eigenvalue weighted by atomic mass is 16.6. The molecule has 0 amide bonds. The Labute approximate surface area is 143 Å². The van der Waals surface area contributed by atoms with Crippen molar-refractivity contribution in [2.45, 2.75) is 19.1 Å². The van der Waals surface area contributed by atoms with Crippen molar-refractivity contribution >= 4 is 0 Å². The summed E-state index contributed by atoms with van der Waals surface area (Å²) in [4.78, 5) is 4.68. The average molecular weight is 338 g/mol. The molecular weight excluding hydrogens is 312 g/mol. The molecule has 0 spiro atoms. The second-order valence-electron chi connectivity index (χ2n) is 5.07. The number of nitrogens with one attached hydrogen (secondary N) is 1. The second kappa shape index (κ2) is 12.6. The zero-order valence-electron chi connectivity index (χ0n) is 14.0. The molecule has 24 heavy (non-hydrogen) atoms. The van der Waals surface area contributed by atoms with Crippen LogP contribution < -0.4 is 20.8 Å². The summed E-state index contributed by atoms with van der Waals surface area (Å²) in [5.74, 6) is 8.73. The van der Waals surface area contributed by atoms with Crippen LogP contribution in [-0.2, 0) is 16.0 Å². The van der Waals surface area contributed by atoms with Crippen LogP contribution in [0.1, 0.15) is 12.0 Å². The number of methoxy groups -OCH3 is 1. The summed E-state index contributed by atoms with van der Waals surface area (Å²) < 4.78 is 15.7. The zero-order valence-corrected chi connectivity index (χ0v) is 14.0. The van der Waals surface area contributed by atoms with E-state index in [1.165, 1.54) is 0 Å². The van der Waals surface area contributed by atoms with Gasteiger partial charge in [-0.1, -0.05) is 12.0 Å². The highest BCUT2D eigenvalue weighted by Gasteiger charge is 2.05. The predicted molar refractivity (Wildman–Crippen MR) is 90.6 cm³/mol. The number of nitrogens with two attached hydrogens (primary N) is 1. The van der Waals surface area contributed by atoms with Crippen molar-refractivity contribution in [3.63, 3.8) is 0 Å². The molecule has 1 unspecified atom stereocenters. The van der Waals surface area contributed by atoms with E-state index in [0.29, 0.717) is 18.9 Å². The molecule has 7 heteroatoms. The van der Waals surface area contributed by atoms with Crippen molar-refractivity contribution in [3.05, 3.63) is 23.8 Å². The first-order valence-corrected chi connectivity index (χ1v) is 7.72. The molecule has 1 aromatic carbocycles. The number of benzene rings is 1. The van der Waals surface area contributed by atoms with Gasteiger partial charge in [0.2, 0.25) is 0 Å². The molecule has 0 saturated heterocycles. The van der Waals surface area contributed by atoms with Crippen LogP contribution in [0.5, 0.6) is 11.5 Å². The molecule has 0 radical (unpaired) electrons. The Hall–Kier alpha value is -1.82. The minimum absolute atomic E-state index is 0.185. The molecule has 1 rings (SSSR count). The van der Waals surface area contributed by atoms with Gasteiger partial charge in [-0.25, -0.2) is 0 Å². The van der Waals surface area contributed by atoms with E-state index in [0.717, 1.165) is 24.3 Å². The van der Waals surface area contributed by atoms with E-state index >= 15 is 0 Å². The lowest BCUT2D eigenvalue weighted by molar-refractivity contribution is -0.0124. The Morgan fingerprint density at radius 2 is 2.12 bits per heavy atom. The standard InChI is InChI=1S/C17H26N2O5/c1-3-8-22-12-15(20)13-23-9-4-7-19-11-14-5-6-16(24-18)10-17(14)21-2/h1,5-6,10,15,19-20H,4,7-9,11-13,18H2,2H3. The largest absolute Gasteiger partial charge is 0.496 e. The minimum atomic E-state index is -0.654. The quantitative estimate of drug-likeness (QED) is 0.273. The van der Waals surface area contributed by atoms with E-state index in [2.05, 4.69) is 16.1 Å². The molecular formula is C17H26N2O5. The molecule has 0 bridgehead atoms. The minimum Gasteiger partial charge on any atom is -0.496 e. The van der Waals surface area contributed by atoms with Crippen LogP contribution in [0.25, 0.3) is 0 Å². The van der Waals surface area contributed by atoms with Gasteiger partial charge in [0, 0.05) is 24.8 Å². The van der Waals surface area contributed by atoms with E-state index in [4.69, 9.17) is 26.5 Å². The molecule has 0 aliphatic rings. The summed E-state index contributed by atoms with van der Waals surface area (Å²) in [7, 11) is 1.60. The number of terminal acetylenes is 1. The highest BCUT2D eigenvalue weighted by Crippen LogP contribution is 2.23. The fourth-order valence-electron chi connectivity index (χ4n) is 1.99. The van der Waals surface area contributed by atoms with Crippen molar-refractivity contribution < 1.29 is 24.2 Å². The third-order valence-electron chi connectivity index (χ3n) is 3.16. The van der Waals surface area contributed by atoms with Gasteiger partial charge in [-0.15, -0.1) is 6.42 Å². The topological polar surface area (TPSA) is 95.2 Å². The number of rotatable bonds is 13. The van der Waals surface area contributed by atoms with Crippen LogP contribution in [0, 0.1) is 12.3 Å². The first-order chi connectivity index (χ1) is 11.7. The summed E-state index contributed by atoms with van der Waals surface area (Å²) >= 11 is 0. The predicted octanol–water partition coefficient (Wildman–Crippen LogP) is 0.455. The summed E-state index contributed by atoms with van der Waals surface area (Å²) in [5.41, 5.74) is 1.01. The number of aliphatic hydroxyl groups is 1. The summed E-state index contributed by atoms with van der Waals surface area (Å²) in [6.07, 6.45) is 5.21. The first-order valence-electron chi connectivity index (χ1n) is 7.72. The van der Waals surface area contributed by atoms with Gasteiger partial charge in [0.05, 0.1) is 20.3 Å². The molecule has 7 nitrogen and oxygen atoms in total. The maximum atomic E-state index is 9.56. The summed E-state index contributed by atoms with van der Waals surface area (Å²) in [6.45, 7) is 2.61. The van der Waals surface area contributed by atoms with E-state index in [1.807, 2.05) is 6.07 Å². The molecule has 134 valence electrons. The van der Waals surface area contributed by atoms with Crippen molar-refractivity contribution in [1.29, 1.82) is 0 Å². The molecule has 0 aliphatic heterocycles. The number of aliphatic hydroxyl groups excluding tert-OH is 1. The van der Waals surface area contributed by atoms with Gasteiger partial charge < -0.3 is 29.5 Å². The molecule has 4 N–H and O–H groups in total. The van der Waals surface area contributed by atoms with Gasteiger partial charge in [-0.3, -0.25) is 0 Å². The van der Waals surface area contributed by atoms with Crippen LogP contribution in [0.2, 0.25) is 0 Å². The van der Waals surface area contributed by atoms with Gasteiger partial charge in [0.1, 0.15) is 18.5 Å². The molecule has 0 heterocycles. The Morgan fingerprint density at radius 1 is 1.33 bits per heavy atom. The molecule has 0 aliphatic carbocycles. The van der Waals surface area contributed by atoms with Crippen LogP contribution in [0.15, 0.2) is 18.2 Å². The molecule has 0 aromatic heterocycles. The third-order valence-corrected chi connectivity index (χ3v) is 3.16. The van der Waals surface area contributed by atoms with E-state index in [-0.39, 0.29) is 19.8 Å². The Morgan fingerprint density at radius 3 is 2.83 bits per heavy atom. The number of hydrogen-bond donors (Lipinski definition) is 3. The van der Waals surface area contributed by atoms with Crippen molar-refractivity contribution in [1.82, 2.24) is 5.32 Å². The van der Waals surface area contributed by atoms with E-state index in [9.17, 15) is 5.11 Å². The van der Waals surface area contributed by atoms with Crippen molar-refractivity contribution in [2.75, 3.05) is 40.1 Å². The van der Waals surface area contributed by atoms with Crippen molar-refractivity contribution in [2.24, 2.45) is 5.90 Å². The lowest BCUT2D eigenvalue weighted by atomic mass is 10.2. The Balaban J connectivity index is 2.11. The van der Waals surface area contributed by atoms with Crippen LogP contribution in [0.3, 0.4) is 0 Å². The maximum absolute atomic E-state index is 9.56. The highest BCUT2D eigenvalue weighted by molar-refractivity contribution is 5.40. The Bertz CT molecular complexity index is 504. The van der Waals surface area contributed by atoms with Gasteiger partial charge in [0.15, 0.2) is 5.75 Å². The fraction of sp³-hybridized carbons (Fsp3) is 0.529. The monoisotopic (exact) mass is 338 g/mol. The fourth-order valence-corrected chi connectivity index (χ4v) is 1.99. The zero-order chi connectivity index (χ0) is 17.6. The second-order valence-corrected chi connectivity index (χ2v) is 5.07. The number of ether oxygens (including phenoxy) is 3. The van der Waals surface area contributed by atoms with Gasteiger partial charge >= 0.3 is 0 Å². The molecule has 1 atom stereocenters. The van der Waals surface area contributed by atoms with E-state index < -0.39 is 6.10 Å². The maximum Gasteiger partial charge on any atom is 0.150 e. The van der Waals surface area contributed by atoms with Crippen LogP contribution in [0.4, 0.5) is 0 Å². The first kappa shape index (κ1) is 20.2. The molecule has 0 saturated carbocycles. The SMILES string of the molecule is C#CCOCC(O)COCCCNCc1ccc(ON)cc1OC. The Kier molecular flexibility index (Phi) is 10.6. The average Bonchev–Trinajstić information content (AvgIpc) is 2.61. The molecule has 1 aromatic rings. The van der Waals surface area contributed by atoms with Crippen LogP contribution in [-0.4, -0.2) is 51.3 Å². The number of hydrogen-bond acceptors (Lipinski definition) is 7. The van der Waals surface area contributed by atoms with Crippen molar-refractivity contribution in [3.8, 4) is 23.8 Å². The third kappa shape index (κ3) is 8.15. The molecule has 0 fully saturated rings.